The molecule has 3 unspecified atom stereocenters. The number of ketones is 1. The molecule has 19 nitrogen and oxygen atoms in total. The van der Waals surface area contributed by atoms with Gasteiger partial charge in [0, 0.05) is 59.6 Å². The molecule has 78 heavy (non-hydrogen) atoms. The quantitative estimate of drug-likeness (QED) is 0.0362. The Morgan fingerprint density at radius 1 is 0.821 bits per heavy atom. The number of benzene rings is 3. The van der Waals surface area contributed by atoms with Crippen molar-refractivity contribution >= 4 is 88.5 Å². The third-order valence-electron chi connectivity index (χ3n) is 13.8. The molecule has 3 amide bonds. The Labute approximate surface area is 461 Å². The van der Waals surface area contributed by atoms with E-state index in [1.165, 1.54) is 35.6 Å². The summed E-state index contributed by atoms with van der Waals surface area (Å²) in [5.41, 5.74) is 5.27. The molecule has 3 aromatic heterocycles. The lowest BCUT2D eigenvalue weighted by Gasteiger charge is -2.38. The van der Waals surface area contributed by atoms with Crippen LogP contribution in [0.25, 0.3) is 21.1 Å². The van der Waals surface area contributed by atoms with E-state index in [9.17, 15) is 32.0 Å². The first-order chi connectivity index (χ1) is 37.5. The third-order valence-corrected chi connectivity index (χ3v) is 18.0. The largest absolute Gasteiger partial charge is 0.490 e. The number of thiazole rings is 2. The molecule has 3 atom stereocenters. The Morgan fingerprint density at radius 2 is 1.51 bits per heavy atom. The molecular weight excluding hydrogens is 1060 g/mol. The van der Waals surface area contributed by atoms with Gasteiger partial charge in [0.25, 0.3) is 0 Å². The van der Waals surface area contributed by atoms with Gasteiger partial charge in [-0.2, -0.15) is 0 Å². The van der Waals surface area contributed by atoms with Crippen LogP contribution in [0.3, 0.4) is 0 Å². The number of likely N-dealkylation sites (N-methyl/N-ethyl adjacent to an activating group) is 1. The summed E-state index contributed by atoms with van der Waals surface area (Å²) in [6.07, 6.45) is 4.02. The minimum Gasteiger partial charge on any atom is -0.490 e. The highest BCUT2D eigenvalue weighted by atomic mass is 32.2. The van der Waals surface area contributed by atoms with Gasteiger partial charge >= 0.3 is 0 Å². The monoisotopic (exact) mass is 1130 g/mol. The number of likely N-dealkylation sites (tertiary alicyclic amines) is 2. The van der Waals surface area contributed by atoms with Gasteiger partial charge in [0.2, 0.25) is 23.5 Å². The first-order valence-corrected chi connectivity index (χ1v) is 29.3. The van der Waals surface area contributed by atoms with Crippen LogP contribution in [0.5, 0.6) is 5.75 Å². The average molecular weight is 1130 g/mol. The topological polar surface area (TPSA) is 230 Å². The number of fused-ring (bicyclic) bond motifs is 2. The summed E-state index contributed by atoms with van der Waals surface area (Å²) >= 11 is 2.85. The van der Waals surface area contributed by atoms with Crippen LogP contribution in [-0.2, 0) is 43.2 Å². The van der Waals surface area contributed by atoms with Crippen molar-refractivity contribution in [2.45, 2.75) is 81.1 Å². The van der Waals surface area contributed by atoms with Gasteiger partial charge < -0.3 is 49.4 Å². The number of carbonyl (C=O) groups is 4. The Bertz CT molecular complexity index is 3140. The van der Waals surface area contributed by atoms with E-state index in [2.05, 4.69) is 30.9 Å². The van der Waals surface area contributed by atoms with Gasteiger partial charge in [0.1, 0.15) is 46.4 Å². The van der Waals surface area contributed by atoms with E-state index in [4.69, 9.17) is 23.7 Å². The highest BCUT2D eigenvalue weighted by Crippen LogP contribution is 2.39. The average Bonchev–Trinajstić information content (AvgIpc) is 4.25. The van der Waals surface area contributed by atoms with Crippen LogP contribution >= 0.6 is 22.7 Å². The van der Waals surface area contributed by atoms with Crippen molar-refractivity contribution in [2.75, 3.05) is 91.5 Å². The molecule has 418 valence electrons. The molecule has 0 radical (unpaired) electrons. The molecular formula is C55H67FN8O11S3. The molecule has 0 spiro atoms. The molecule has 2 saturated heterocycles. The molecule has 3 N–H and O–H groups in total. The molecule has 2 aliphatic rings. The zero-order valence-electron chi connectivity index (χ0n) is 44.5. The standard InChI is InChI=1S/C55H67FN8O11S3/c1-35(57-5)52(67)62-50(54(68)64-18-6-7-45(64)53-61-44(33-76-53)51(66)37-8-10-38(56)11-9-37)36-15-19-63(20-16-36)49(65)32-74-26-25-72-22-21-71-23-24-73-27-28-75-46-31-42-40(30-48(46)78(69,70)55(2,3)4)41(14-17-58-42)60-39-12-13-47-43(29-39)59-34-77-47/h8-14,17,29-31,33-36,45,50,57H,6-7,15-16,18-28,32H2,1-5H3,(H,58,60)(H,62,67). The fraction of sp³-hybridized carbons (Fsp3) is 0.473. The SMILES string of the molecule is CNC(C)C(=O)NC(C(=O)N1CCCC1c1nc(C(=O)c2ccc(F)cc2)cs1)C1CCN(C(=O)COCCOCCOCCOCCOc2cc3nccc(Nc4ccc5scnc5c4)c3cc2S(=O)(=O)C(C)(C)C)CC1. The number of halogens is 1. The number of hydrogen-bond acceptors (Lipinski definition) is 18. The molecule has 0 bridgehead atoms. The van der Waals surface area contributed by atoms with Crippen LogP contribution in [0, 0.1) is 11.7 Å². The van der Waals surface area contributed by atoms with Crippen molar-refractivity contribution in [3.63, 3.8) is 0 Å². The molecule has 2 aliphatic heterocycles. The van der Waals surface area contributed by atoms with E-state index < -0.39 is 32.5 Å². The number of carbonyl (C=O) groups excluding carboxylic acids is 4. The summed E-state index contributed by atoms with van der Waals surface area (Å²) in [5, 5.41) is 12.3. The first-order valence-electron chi connectivity index (χ1n) is 26.1. The number of amides is 3. The molecule has 3 aromatic carbocycles. The summed E-state index contributed by atoms with van der Waals surface area (Å²) in [5.74, 6) is -1.53. The van der Waals surface area contributed by atoms with Gasteiger partial charge in [-0.3, -0.25) is 24.2 Å². The van der Waals surface area contributed by atoms with E-state index in [0.29, 0.717) is 85.9 Å². The second-order valence-electron chi connectivity index (χ2n) is 20.0. The number of nitrogens with zero attached hydrogens (tertiary/aromatic N) is 5. The van der Waals surface area contributed by atoms with Crippen LogP contribution in [0.15, 0.2) is 82.6 Å². The number of aromatic nitrogens is 3. The van der Waals surface area contributed by atoms with E-state index in [1.54, 1.807) is 91.2 Å². The van der Waals surface area contributed by atoms with Gasteiger partial charge in [0.05, 0.1) is 84.3 Å². The predicted molar refractivity (Wildman–Crippen MR) is 296 cm³/mol. The van der Waals surface area contributed by atoms with Crippen molar-refractivity contribution in [1.82, 2.24) is 35.4 Å². The molecule has 6 aromatic rings. The summed E-state index contributed by atoms with van der Waals surface area (Å²) in [6, 6.07) is 14.5. The smallest absolute Gasteiger partial charge is 0.248 e. The second-order valence-corrected chi connectivity index (χ2v) is 24.4. The number of rotatable bonds is 26. The van der Waals surface area contributed by atoms with Crippen molar-refractivity contribution in [2.24, 2.45) is 5.92 Å². The number of ether oxygens (including phenoxy) is 5. The van der Waals surface area contributed by atoms with E-state index in [0.717, 1.165) is 22.3 Å². The molecule has 2 fully saturated rings. The summed E-state index contributed by atoms with van der Waals surface area (Å²) in [6.45, 7) is 9.72. The van der Waals surface area contributed by atoms with Crippen LogP contribution in [0.2, 0.25) is 0 Å². The van der Waals surface area contributed by atoms with Gasteiger partial charge in [-0.15, -0.1) is 22.7 Å². The van der Waals surface area contributed by atoms with E-state index >= 15 is 0 Å². The van der Waals surface area contributed by atoms with Gasteiger partial charge in [-0.25, -0.2) is 22.8 Å². The number of nitrogens with one attached hydrogen (secondary N) is 3. The number of sulfone groups is 1. The van der Waals surface area contributed by atoms with Gasteiger partial charge in [0.15, 0.2) is 9.84 Å². The Hall–Kier alpha value is -6.05. The maximum absolute atomic E-state index is 14.4. The zero-order valence-corrected chi connectivity index (χ0v) is 46.9. The molecule has 5 heterocycles. The summed E-state index contributed by atoms with van der Waals surface area (Å²) < 4.78 is 69.9. The van der Waals surface area contributed by atoms with Crippen molar-refractivity contribution in [3.8, 4) is 5.75 Å². The lowest BCUT2D eigenvalue weighted by Crippen LogP contribution is -2.57. The fourth-order valence-electron chi connectivity index (χ4n) is 9.16. The normalized spacial score (nSPS) is 16.2. The maximum atomic E-state index is 14.4. The summed E-state index contributed by atoms with van der Waals surface area (Å²) in [7, 11) is -2.16. The van der Waals surface area contributed by atoms with Gasteiger partial charge in [-0.05, 0) is 121 Å². The zero-order chi connectivity index (χ0) is 55.4. The van der Waals surface area contributed by atoms with Crippen LogP contribution in [0.4, 0.5) is 15.8 Å². The minimum absolute atomic E-state index is 0.0635. The Kier molecular flexibility index (Phi) is 19.9. The van der Waals surface area contributed by atoms with Crippen LogP contribution in [-0.4, -0.2) is 160 Å². The van der Waals surface area contributed by atoms with Crippen molar-refractivity contribution in [3.05, 3.63) is 99.8 Å². The minimum atomic E-state index is -3.83. The van der Waals surface area contributed by atoms with Crippen LogP contribution in [0.1, 0.15) is 80.5 Å². The predicted octanol–water partition coefficient (Wildman–Crippen LogP) is 7.13. The number of pyridine rings is 1. The highest BCUT2D eigenvalue weighted by molar-refractivity contribution is 7.92. The van der Waals surface area contributed by atoms with E-state index in [-0.39, 0.29) is 91.4 Å². The first kappa shape index (κ1) is 58.1. The molecule has 0 aliphatic carbocycles. The Balaban J connectivity index is 0.718. The van der Waals surface area contributed by atoms with Crippen LogP contribution < -0.4 is 20.7 Å². The van der Waals surface area contributed by atoms with E-state index in [1.807, 2.05) is 18.2 Å². The van der Waals surface area contributed by atoms with Crippen molar-refractivity contribution < 1.29 is 55.7 Å². The lowest BCUT2D eigenvalue weighted by molar-refractivity contribution is -0.141. The number of anilines is 2. The number of hydrogen-bond donors (Lipinski definition) is 3. The molecule has 8 rings (SSSR count). The number of piperidine rings is 1. The van der Waals surface area contributed by atoms with Crippen molar-refractivity contribution in [1.29, 1.82) is 0 Å². The molecule has 23 heteroatoms. The highest BCUT2D eigenvalue weighted by Gasteiger charge is 2.41. The summed E-state index contributed by atoms with van der Waals surface area (Å²) in [4.78, 5) is 71.0. The van der Waals surface area contributed by atoms with Gasteiger partial charge in [-0.1, -0.05) is 0 Å². The maximum Gasteiger partial charge on any atom is 0.248 e. The fourth-order valence-corrected chi connectivity index (χ4v) is 12.1. The second kappa shape index (κ2) is 26.7. The lowest BCUT2D eigenvalue weighted by atomic mass is 9.88. The third kappa shape index (κ3) is 14.4. The Morgan fingerprint density at radius 3 is 2.21 bits per heavy atom. The molecule has 0 saturated carbocycles.